The van der Waals surface area contributed by atoms with Crippen LogP contribution in [0.15, 0.2) is 4.99 Å². The number of nitrogens with zero attached hydrogens (tertiary/aromatic N) is 2. The molecule has 2 aliphatic rings. The minimum Gasteiger partial charge on any atom is -0.376 e. The van der Waals surface area contributed by atoms with Gasteiger partial charge in [-0.25, -0.2) is 0 Å². The van der Waals surface area contributed by atoms with E-state index >= 15 is 0 Å². The predicted octanol–water partition coefficient (Wildman–Crippen LogP) is 2.24. The highest BCUT2D eigenvalue weighted by molar-refractivity contribution is 14.0. The van der Waals surface area contributed by atoms with Crippen LogP contribution in [0.2, 0.25) is 0 Å². The van der Waals surface area contributed by atoms with Crippen molar-refractivity contribution in [2.75, 3.05) is 32.8 Å². The number of hydrogen-bond donors (Lipinski definition) is 1. The molecule has 6 heteroatoms. The highest BCUT2D eigenvalue weighted by Crippen LogP contribution is 2.26. The molecule has 3 atom stereocenters. The van der Waals surface area contributed by atoms with Gasteiger partial charge in [-0.3, -0.25) is 4.99 Å². The van der Waals surface area contributed by atoms with Gasteiger partial charge < -0.3 is 20.1 Å². The van der Waals surface area contributed by atoms with Gasteiger partial charge in [0.2, 0.25) is 0 Å². The van der Waals surface area contributed by atoms with Crippen LogP contribution in [0.25, 0.3) is 0 Å². The van der Waals surface area contributed by atoms with Crippen LogP contribution in [0.1, 0.15) is 39.5 Å². The Hall–Kier alpha value is -0.0800. The van der Waals surface area contributed by atoms with Crippen molar-refractivity contribution >= 4 is 29.9 Å². The Kier molecular flexibility index (Phi) is 8.89. The summed E-state index contributed by atoms with van der Waals surface area (Å²) in [7, 11) is 0. The summed E-state index contributed by atoms with van der Waals surface area (Å²) in [6.45, 7) is 8.07. The molecule has 0 aromatic carbocycles. The molecule has 1 saturated heterocycles. The first kappa shape index (κ1) is 19.0. The van der Waals surface area contributed by atoms with E-state index < -0.39 is 0 Å². The summed E-state index contributed by atoms with van der Waals surface area (Å²) < 4.78 is 11.4. The van der Waals surface area contributed by atoms with E-state index in [1.165, 1.54) is 25.7 Å². The molecule has 0 aromatic heterocycles. The van der Waals surface area contributed by atoms with Gasteiger partial charge in [0.05, 0.1) is 32.0 Å². The first-order valence-electron chi connectivity index (χ1n) is 7.95. The van der Waals surface area contributed by atoms with E-state index in [2.05, 4.69) is 23.7 Å². The van der Waals surface area contributed by atoms with Gasteiger partial charge in [0.1, 0.15) is 0 Å². The van der Waals surface area contributed by atoms with Crippen molar-refractivity contribution < 1.29 is 9.47 Å². The number of hydrogen-bond acceptors (Lipinski definition) is 3. The molecule has 0 amide bonds. The SMILES string of the molecule is CC1CN(C(N)=NCCOC2CCCCC2C)CCO1.I. The molecular formula is C15H30IN3O2. The number of aliphatic imine (C=N–C) groups is 1. The van der Waals surface area contributed by atoms with Gasteiger partial charge in [-0.05, 0) is 25.7 Å². The van der Waals surface area contributed by atoms with Crippen LogP contribution in [0.4, 0.5) is 0 Å². The summed E-state index contributed by atoms with van der Waals surface area (Å²) in [6, 6.07) is 0. The summed E-state index contributed by atoms with van der Waals surface area (Å²) in [5.74, 6) is 1.31. The van der Waals surface area contributed by atoms with Gasteiger partial charge in [-0.15, -0.1) is 24.0 Å². The molecule has 3 unspecified atom stereocenters. The Balaban J connectivity index is 0.00000220. The minimum absolute atomic E-state index is 0. The average molecular weight is 411 g/mol. The Morgan fingerprint density at radius 3 is 2.81 bits per heavy atom. The normalized spacial score (nSPS) is 30.9. The first-order valence-corrected chi connectivity index (χ1v) is 7.95. The van der Waals surface area contributed by atoms with Crippen molar-refractivity contribution in [3.63, 3.8) is 0 Å². The first-order chi connectivity index (χ1) is 9.66. The molecule has 0 bridgehead atoms. The molecular weight excluding hydrogens is 381 g/mol. The highest BCUT2D eigenvalue weighted by Gasteiger charge is 2.21. The van der Waals surface area contributed by atoms with Gasteiger partial charge in [-0.1, -0.05) is 19.8 Å². The Labute approximate surface area is 145 Å². The van der Waals surface area contributed by atoms with E-state index in [1.807, 2.05) is 0 Å². The second kappa shape index (κ2) is 9.84. The molecule has 2 fully saturated rings. The van der Waals surface area contributed by atoms with Crippen LogP contribution in [0, 0.1) is 5.92 Å². The fraction of sp³-hybridized carbons (Fsp3) is 0.933. The lowest BCUT2D eigenvalue weighted by molar-refractivity contribution is -0.00158. The van der Waals surface area contributed by atoms with E-state index in [4.69, 9.17) is 15.2 Å². The van der Waals surface area contributed by atoms with E-state index in [0.29, 0.717) is 31.1 Å². The lowest BCUT2D eigenvalue weighted by Gasteiger charge is -2.32. The maximum Gasteiger partial charge on any atom is 0.191 e. The summed E-state index contributed by atoms with van der Waals surface area (Å²) in [5, 5.41) is 0. The van der Waals surface area contributed by atoms with Crippen LogP contribution < -0.4 is 5.73 Å². The number of nitrogens with two attached hydrogens (primary N) is 1. The number of morpholine rings is 1. The zero-order valence-corrected chi connectivity index (χ0v) is 15.6. The van der Waals surface area contributed by atoms with Crippen molar-refractivity contribution in [3.05, 3.63) is 0 Å². The number of guanidine groups is 1. The molecule has 1 saturated carbocycles. The Morgan fingerprint density at radius 2 is 2.10 bits per heavy atom. The van der Waals surface area contributed by atoms with E-state index in [9.17, 15) is 0 Å². The third-order valence-electron chi connectivity index (χ3n) is 4.29. The van der Waals surface area contributed by atoms with Crippen molar-refractivity contribution in [2.45, 2.75) is 51.7 Å². The Bertz CT molecular complexity index is 328. The second-order valence-electron chi connectivity index (χ2n) is 6.04. The number of halogens is 1. The van der Waals surface area contributed by atoms with E-state index in [0.717, 1.165) is 19.7 Å². The smallest absolute Gasteiger partial charge is 0.191 e. The molecule has 2 N–H and O–H groups in total. The standard InChI is InChI=1S/C15H29N3O2.HI/c1-12-5-3-4-6-14(12)20-9-7-17-15(16)18-8-10-19-13(2)11-18;/h12-14H,3-11H2,1-2H3,(H2,16,17);1H. The Morgan fingerprint density at radius 1 is 1.33 bits per heavy atom. The van der Waals surface area contributed by atoms with Crippen LogP contribution in [-0.2, 0) is 9.47 Å². The quantitative estimate of drug-likeness (QED) is 0.334. The van der Waals surface area contributed by atoms with Crippen LogP contribution >= 0.6 is 24.0 Å². The summed E-state index contributed by atoms with van der Waals surface area (Å²) in [4.78, 5) is 6.53. The van der Waals surface area contributed by atoms with Gasteiger partial charge in [0.15, 0.2) is 5.96 Å². The molecule has 0 spiro atoms. The summed E-state index contributed by atoms with van der Waals surface area (Å²) >= 11 is 0. The molecule has 1 aliphatic carbocycles. The summed E-state index contributed by atoms with van der Waals surface area (Å²) in [6.07, 6.45) is 5.79. The topological polar surface area (TPSA) is 60.1 Å². The van der Waals surface area contributed by atoms with Crippen molar-refractivity contribution in [1.29, 1.82) is 0 Å². The molecule has 1 heterocycles. The van der Waals surface area contributed by atoms with Crippen LogP contribution in [0.5, 0.6) is 0 Å². The van der Waals surface area contributed by atoms with E-state index in [-0.39, 0.29) is 30.1 Å². The minimum atomic E-state index is 0. The zero-order valence-electron chi connectivity index (χ0n) is 13.3. The van der Waals surface area contributed by atoms with Crippen molar-refractivity contribution in [2.24, 2.45) is 16.6 Å². The molecule has 1 aliphatic heterocycles. The van der Waals surface area contributed by atoms with E-state index in [1.54, 1.807) is 0 Å². The molecule has 5 nitrogen and oxygen atoms in total. The van der Waals surface area contributed by atoms with Crippen LogP contribution in [0.3, 0.4) is 0 Å². The third-order valence-corrected chi connectivity index (χ3v) is 4.29. The molecule has 124 valence electrons. The third kappa shape index (κ3) is 6.28. The number of ether oxygens (including phenoxy) is 2. The summed E-state index contributed by atoms with van der Waals surface area (Å²) in [5.41, 5.74) is 6.02. The van der Waals surface area contributed by atoms with Gasteiger partial charge >= 0.3 is 0 Å². The molecule has 21 heavy (non-hydrogen) atoms. The fourth-order valence-corrected chi connectivity index (χ4v) is 3.02. The van der Waals surface area contributed by atoms with Gasteiger partial charge in [-0.2, -0.15) is 0 Å². The van der Waals surface area contributed by atoms with Gasteiger partial charge in [0.25, 0.3) is 0 Å². The zero-order chi connectivity index (χ0) is 14.4. The monoisotopic (exact) mass is 411 g/mol. The lowest BCUT2D eigenvalue weighted by atomic mass is 9.88. The molecule has 0 aromatic rings. The maximum atomic E-state index is 6.02. The van der Waals surface area contributed by atoms with Crippen LogP contribution in [-0.4, -0.2) is 55.9 Å². The second-order valence-corrected chi connectivity index (χ2v) is 6.04. The van der Waals surface area contributed by atoms with Crippen molar-refractivity contribution in [3.8, 4) is 0 Å². The maximum absolute atomic E-state index is 6.02. The van der Waals surface area contributed by atoms with Crippen molar-refractivity contribution in [1.82, 2.24) is 4.90 Å². The average Bonchev–Trinajstić information content (AvgIpc) is 2.45. The van der Waals surface area contributed by atoms with Gasteiger partial charge in [0, 0.05) is 13.1 Å². The largest absolute Gasteiger partial charge is 0.376 e. The highest BCUT2D eigenvalue weighted by atomic mass is 127. The lowest BCUT2D eigenvalue weighted by Crippen LogP contribution is -2.48. The fourth-order valence-electron chi connectivity index (χ4n) is 3.02. The predicted molar refractivity (Wildman–Crippen MR) is 96.3 cm³/mol. The molecule has 2 rings (SSSR count). The number of rotatable bonds is 4. The molecule has 0 radical (unpaired) electrons.